The first kappa shape index (κ1) is 12.9. The molecule has 0 amide bonds. The van der Waals surface area contributed by atoms with Crippen LogP contribution in [-0.4, -0.2) is 11.0 Å². The highest BCUT2D eigenvalue weighted by Gasteiger charge is 2.16. The van der Waals surface area contributed by atoms with Gasteiger partial charge in [0.1, 0.15) is 11.9 Å². The van der Waals surface area contributed by atoms with E-state index in [0.717, 1.165) is 31.5 Å². The molecule has 0 fully saturated rings. The minimum absolute atomic E-state index is 0.409. The molecule has 3 heteroatoms. The van der Waals surface area contributed by atoms with Crippen LogP contribution in [0.4, 0.5) is 5.82 Å². The Bertz CT molecular complexity index is 456. The standard InChI is InChI=1S/C15H21N3/c1-3-13(4-2)17-15-12(10-16)9-11-7-5-6-8-14(11)18-15/h9,13H,3-8H2,1-2H3,(H,17,18). The number of aromatic nitrogens is 1. The quantitative estimate of drug-likeness (QED) is 0.881. The third-order valence-electron chi connectivity index (χ3n) is 3.75. The van der Waals surface area contributed by atoms with Gasteiger partial charge < -0.3 is 5.32 Å². The summed E-state index contributed by atoms with van der Waals surface area (Å²) in [5.41, 5.74) is 3.16. The average molecular weight is 243 g/mol. The summed E-state index contributed by atoms with van der Waals surface area (Å²) in [6.45, 7) is 4.32. The Morgan fingerprint density at radius 3 is 2.72 bits per heavy atom. The van der Waals surface area contributed by atoms with Crippen LogP contribution >= 0.6 is 0 Å². The van der Waals surface area contributed by atoms with Crippen LogP contribution in [0.3, 0.4) is 0 Å². The van der Waals surface area contributed by atoms with Gasteiger partial charge in [0.05, 0.1) is 5.56 Å². The summed E-state index contributed by atoms with van der Waals surface area (Å²) in [7, 11) is 0. The lowest BCUT2D eigenvalue weighted by atomic mass is 9.95. The molecule has 1 aliphatic carbocycles. The van der Waals surface area contributed by atoms with Gasteiger partial charge in [-0.05, 0) is 50.2 Å². The Hall–Kier alpha value is -1.56. The molecule has 3 nitrogen and oxygen atoms in total. The molecule has 0 atom stereocenters. The van der Waals surface area contributed by atoms with Crippen LogP contribution in [0.25, 0.3) is 0 Å². The van der Waals surface area contributed by atoms with E-state index in [-0.39, 0.29) is 0 Å². The van der Waals surface area contributed by atoms with Crippen LogP contribution < -0.4 is 5.32 Å². The zero-order valence-corrected chi connectivity index (χ0v) is 11.3. The molecule has 1 aromatic heterocycles. The summed E-state index contributed by atoms with van der Waals surface area (Å²) >= 11 is 0. The monoisotopic (exact) mass is 243 g/mol. The molecule has 0 bridgehead atoms. The number of pyridine rings is 1. The fraction of sp³-hybridized carbons (Fsp3) is 0.600. The number of fused-ring (bicyclic) bond motifs is 1. The van der Waals surface area contributed by atoms with E-state index < -0.39 is 0 Å². The number of nitrogens with one attached hydrogen (secondary N) is 1. The minimum atomic E-state index is 0.409. The van der Waals surface area contributed by atoms with Crippen molar-refractivity contribution in [3.8, 4) is 6.07 Å². The van der Waals surface area contributed by atoms with Crippen molar-refractivity contribution in [2.45, 2.75) is 58.4 Å². The first-order valence-corrected chi connectivity index (χ1v) is 6.97. The van der Waals surface area contributed by atoms with Crippen molar-refractivity contribution in [3.05, 3.63) is 22.9 Å². The molecule has 0 saturated carbocycles. The largest absolute Gasteiger partial charge is 0.366 e. The lowest BCUT2D eigenvalue weighted by Crippen LogP contribution is -2.20. The SMILES string of the molecule is CCC(CC)Nc1nc2c(cc1C#N)CCCC2. The van der Waals surface area contributed by atoms with Crippen molar-refractivity contribution in [2.24, 2.45) is 0 Å². The molecule has 2 rings (SSSR count). The lowest BCUT2D eigenvalue weighted by Gasteiger charge is -2.20. The molecule has 0 aromatic carbocycles. The van der Waals surface area contributed by atoms with Crippen LogP contribution in [0.15, 0.2) is 6.07 Å². The highest BCUT2D eigenvalue weighted by atomic mass is 15.0. The van der Waals surface area contributed by atoms with E-state index in [0.29, 0.717) is 11.6 Å². The first-order valence-electron chi connectivity index (χ1n) is 6.97. The topological polar surface area (TPSA) is 48.7 Å². The molecule has 96 valence electrons. The zero-order valence-electron chi connectivity index (χ0n) is 11.3. The summed E-state index contributed by atoms with van der Waals surface area (Å²) in [5, 5.41) is 12.7. The number of hydrogen-bond donors (Lipinski definition) is 1. The van der Waals surface area contributed by atoms with Gasteiger partial charge in [-0.3, -0.25) is 0 Å². The van der Waals surface area contributed by atoms with Gasteiger partial charge in [0.15, 0.2) is 0 Å². The summed E-state index contributed by atoms with van der Waals surface area (Å²) in [5.74, 6) is 0.784. The summed E-state index contributed by atoms with van der Waals surface area (Å²) in [6, 6.07) is 4.72. The maximum atomic E-state index is 9.25. The molecular weight excluding hydrogens is 222 g/mol. The Kier molecular flexibility index (Phi) is 4.19. The fourth-order valence-corrected chi connectivity index (χ4v) is 2.52. The van der Waals surface area contributed by atoms with E-state index in [1.54, 1.807) is 0 Å². The summed E-state index contributed by atoms with van der Waals surface area (Å²) < 4.78 is 0. The van der Waals surface area contributed by atoms with E-state index in [4.69, 9.17) is 0 Å². The fourth-order valence-electron chi connectivity index (χ4n) is 2.52. The van der Waals surface area contributed by atoms with Gasteiger partial charge in [0.25, 0.3) is 0 Å². The second-order valence-corrected chi connectivity index (χ2v) is 4.97. The third-order valence-corrected chi connectivity index (χ3v) is 3.75. The molecule has 0 spiro atoms. The molecule has 0 aliphatic heterocycles. The smallest absolute Gasteiger partial charge is 0.144 e. The third kappa shape index (κ3) is 2.64. The Balaban J connectivity index is 2.31. The normalized spacial score (nSPS) is 14.1. The van der Waals surface area contributed by atoms with Crippen LogP contribution in [0.2, 0.25) is 0 Å². The number of anilines is 1. The highest BCUT2D eigenvalue weighted by Crippen LogP contribution is 2.25. The number of rotatable bonds is 4. The van der Waals surface area contributed by atoms with Crippen LogP contribution in [0, 0.1) is 11.3 Å². The van der Waals surface area contributed by atoms with Gasteiger partial charge in [0.2, 0.25) is 0 Å². The van der Waals surface area contributed by atoms with Crippen molar-refractivity contribution in [1.82, 2.24) is 4.98 Å². The predicted molar refractivity (Wildman–Crippen MR) is 73.6 cm³/mol. The minimum Gasteiger partial charge on any atom is -0.366 e. The van der Waals surface area contributed by atoms with E-state index in [9.17, 15) is 5.26 Å². The second kappa shape index (κ2) is 5.86. The van der Waals surface area contributed by atoms with E-state index in [1.165, 1.54) is 24.1 Å². The van der Waals surface area contributed by atoms with Gasteiger partial charge in [-0.2, -0.15) is 5.26 Å². The molecule has 0 radical (unpaired) electrons. The van der Waals surface area contributed by atoms with Crippen molar-refractivity contribution in [1.29, 1.82) is 5.26 Å². The number of aryl methyl sites for hydroxylation is 2. The van der Waals surface area contributed by atoms with Gasteiger partial charge in [-0.1, -0.05) is 13.8 Å². The van der Waals surface area contributed by atoms with Gasteiger partial charge in [0, 0.05) is 11.7 Å². The number of nitriles is 1. The molecule has 0 saturated heterocycles. The molecular formula is C15H21N3. The van der Waals surface area contributed by atoms with Crippen molar-refractivity contribution < 1.29 is 0 Å². The summed E-state index contributed by atoms with van der Waals surface area (Å²) in [4.78, 5) is 4.69. The van der Waals surface area contributed by atoms with Crippen LogP contribution in [-0.2, 0) is 12.8 Å². The Labute approximate surface area is 109 Å². The zero-order chi connectivity index (χ0) is 13.0. The van der Waals surface area contributed by atoms with Crippen LogP contribution in [0.5, 0.6) is 0 Å². The molecule has 18 heavy (non-hydrogen) atoms. The van der Waals surface area contributed by atoms with E-state index in [2.05, 4.69) is 30.2 Å². The van der Waals surface area contributed by atoms with Crippen molar-refractivity contribution >= 4 is 5.82 Å². The lowest BCUT2D eigenvalue weighted by molar-refractivity contribution is 0.653. The number of nitrogens with zero attached hydrogens (tertiary/aromatic N) is 2. The van der Waals surface area contributed by atoms with Crippen LogP contribution in [0.1, 0.15) is 56.4 Å². The Morgan fingerprint density at radius 1 is 1.33 bits per heavy atom. The Morgan fingerprint density at radius 2 is 2.06 bits per heavy atom. The molecule has 1 aliphatic rings. The number of hydrogen-bond acceptors (Lipinski definition) is 3. The van der Waals surface area contributed by atoms with Gasteiger partial charge >= 0.3 is 0 Å². The molecule has 1 N–H and O–H groups in total. The molecule has 0 unspecified atom stereocenters. The molecule has 1 aromatic rings. The van der Waals surface area contributed by atoms with Crippen molar-refractivity contribution in [3.63, 3.8) is 0 Å². The van der Waals surface area contributed by atoms with E-state index >= 15 is 0 Å². The summed E-state index contributed by atoms with van der Waals surface area (Å²) in [6.07, 6.45) is 6.68. The van der Waals surface area contributed by atoms with Gasteiger partial charge in [-0.25, -0.2) is 4.98 Å². The maximum absolute atomic E-state index is 9.25. The predicted octanol–water partition coefficient (Wildman–Crippen LogP) is 3.43. The maximum Gasteiger partial charge on any atom is 0.144 e. The average Bonchev–Trinajstić information content (AvgIpc) is 2.43. The van der Waals surface area contributed by atoms with E-state index in [1.807, 2.05) is 6.07 Å². The highest BCUT2D eigenvalue weighted by molar-refractivity contribution is 5.55. The molecule has 1 heterocycles. The van der Waals surface area contributed by atoms with Crippen molar-refractivity contribution in [2.75, 3.05) is 5.32 Å². The van der Waals surface area contributed by atoms with Gasteiger partial charge in [-0.15, -0.1) is 0 Å². The first-order chi connectivity index (χ1) is 8.78. The second-order valence-electron chi connectivity index (χ2n) is 4.97.